The van der Waals surface area contributed by atoms with Gasteiger partial charge in [0.1, 0.15) is 6.10 Å². The number of halogens is 2. The summed E-state index contributed by atoms with van der Waals surface area (Å²) in [6.45, 7) is 5.43. The van der Waals surface area contributed by atoms with Crippen molar-refractivity contribution >= 4 is 35.1 Å². The van der Waals surface area contributed by atoms with E-state index in [0.717, 1.165) is 0 Å². The number of rotatable bonds is 6. The zero-order valence-corrected chi connectivity index (χ0v) is 17.9. The first-order valence-electron chi connectivity index (χ1n) is 8.63. The first kappa shape index (κ1) is 22.3. The van der Waals surface area contributed by atoms with Gasteiger partial charge in [-0.15, -0.1) is 0 Å². The second kappa shape index (κ2) is 9.45. The third kappa shape index (κ3) is 4.51. The predicted molar refractivity (Wildman–Crippen MR) is 107 cm³/mol. The van der Waals surface area contributed by atoms with E-state index in [1.54, 1.807) is 39.0 Å². The summed E-state index contributed by atoms with van der Waals surface area (Å²) < 4.78 is 15.5. The Kier molecular flexibility index (Phi) is 7.52. The van der Waals surface area contributed by atoms with Gasteiger partial charge in [-0.25, -0.2) is 9.59 Å². The van der Waals surface area contributed by atoms with E-state index in [0.29, 0.717) is 22.0 Å². The van der Waals surface area contributed by atoms with Gasteiger partial charge in [-0.3, -0.25) is 0 Å². The van der Waals surface area contributed by atoms with Crippen LogP contribution in [0, 0.1) is 0 Å². The van der Waals surface area contributed by atoms with E-state index in [2.05, 4.69) is 5.32 Å². The highest BCUT2D eigenvalue weighted by molar-refractivity contribution is 6.42. The fourth-order valence-electron chi connectivity index (χ4n) is 3.21. The van der Waals surface area contributed by atoms with Crippen LogP contribution < -0.4 is 5.32 Å². The second-order valence-electron chi connectivity index (χ2n) is 6.44. The van der Waals surface area contributed by atoms with Crippen molar-refractivity contribution in [2.75, 3.05) is 20.8 Å². The van der Waals surface area contributed by atoms with E-state index in [1.165, 1.54) is 14.2 Å². The molecule has 152 valence electrons. The highest BCUT2D eigenvalue weighted by atomic mass is 35.5. The van der Waals surface area contributed by atoms with Crippen LogP contribution in [0.4, 0.5) is 0 Å². The highest BCUT2D eigenvalue weighted by Crippen LogP contribution is 2.43. The molecule has 0 aliphatic carbocycles. The van der Waals surface area contributed by atoms with Gasteiger partial charge >= 0.3 is 11.9 Å². The normalized spacial score (nSPS) is 17.9. The van der Waals surface area contributed by atoms with Crippen LogP contribution in [0.5, 0.6) is 0 Å². The second-order valence-corrected chi connectivity index (χ2v) is 7.23. The molecular weight excluding hydrogens is 405 g/mol. The molecule has 6 nitrogen and oxygen atoms in total. The molecule has 1 aromatic carbocycles. The molecule has 28 heavy (non-hydrogen) atoms. The lowest BCUT2D eigenvalue weighted by molar-refractivity contribution is -0.146. The Morgan fingerprint density at radius 2 is 1.71 bits per heavy atom. The van der Waals surface area contributed by atoms with Crippen LogP contribution in [-0.4, -0.2) is 38.9 Å². The lowest BCUT2D eigenvalue weighted by atomic mass is 9.80. The summed E-state index contributed by atoms with van der Waals surface area (Å²) in [5, 5.41) is 3.64. The van der Waals surface area contributed by atoms with Gasteiger partial charge < -0.3 is 19.5 Å². The number of dihydropyridines is 1. The molecule has 8 heteroatoms. The number of methoxy groups -OCH3 is 2. The van der Waals surface area contributed by atoms with Crippen molar-refractivity contribution in [1.29, 1.82) is 0 Å². The molecule has 0 saturated carbocycles. The quantitative estimate of drug-likeness (QED) is 0.691. The summed E-state index contributed by atoms with van der Waals surface area (Å²) in [5.74, 6) is -1.94. The van der Waals surface area contributed by atoms with Crippen molar-refractivity contribution in [2.45, 2.75) is 32.8 Å². The monoisotopic (exact) mass is 427 g/mol. The zero-order valence-electron chi connectivity index (χ0n) is 16.4. The van der Waals surface area contributed by atoms with Crippen molar-refractivity contribution in [3.05, 3.63) is 56.3 Å². The fraction of sp³-hybridized carbons (Fsp3) is 0.400. The molecule has 1 aliphatic rings. The maximum atomic E-state index is 13.0. The van der Waals surface area contributed by atoms with Gasteiger partial charge in [0.25, 0.3) is 0 Å². The van der Waals surface area contributed by atoms with E-state index < -0.39 is 24.0 Å². The summed E-state index contributed by atoms with van der Waals surface area (Å²) in [5.41, 5.74) is 2.16. The molecule has 0 bridgehead atoms. The van der Waals surface area contributed by atoms with Gasteiger partial charge in [0.05, 0.1) is 40.8 Å². The van der Waals surface area contributed by atoms with E-state index in [9.17, 15) is 9.59 Å². The SMILES string of the molecule is COCC(C)OC(=O)C1=C(C)NC(C)=C(C(=O)OC)C1c1cccc(Cl)c1Cl. The number of carbonyl (C=O) groups is 2. The maximum absolute atomic E-state index is 13.0. The van der Waals surface area contributed by atoms with Gasteiger partial charge in [0.15, 0.2) is 0 Å². The van der Waals surface area contributed by atoms with E-state index in [-0.39, 0.29) is 22.8 Å². The fourth-order valence-corrected chi connectivity index (χ4v) is 3.63. The van der Waals surface area contributed by atoms with E-state index >= 15 is 0 Å². The van der Waals surface area contributed by atoms with Crippen LogP contribution in [0.3, 0.4) is 0 Å². The van der Waals surface area contributed by atoms with Gasteiger partial charge in [0, 0.05) is 18.5 Å². The number of nitrogens with one attached hydrogen (secondary N) is 1. The average molecular weight is 428 g/mol. The molecule has 1 N–H and O–H groups in total. The zero-order chi connectivity index (χ0) is 21.0. The molecule has 1 heterocycles. The van der Waals surface area contributed by atoms with Crippen LogP contribution in [0.25, 0.3) is 0 Å². The number of ether oxygens (including phenoxy) is 3. The Bertz CT molecular complexity index is 847. The number of benzene rings is 1. The van der Waals surface area contributed by atoms with Crippen LogP contribution in [0.2, 0.25) is 10.0 Å². The summed E-state index contributed by atoms with van der Waals surface area (Å²) in [4.78, 5) is 25.6. The Morgan fingerprint density at radius 1 is 1.11 bits per heavy atom. The molecule has 1 aliphatic heterocycles. The lowest BCUT2D eigenvalue weighted by Crippen LogP contribution is -2.33. The number of hydrogen-bond acceptors (Lipinski definition) is 6. The minimum Gasteiger partial charge on any atom is -0.466 e. The minimum atomic E-state index is -0.790. The van der Waals surface area contributed by atoms with Crippen LogP contribution >= 0.6 is 23.2 Å². The maximum Gasteiger partial charge on any atom is 0.337 e. The van der Waals surface area contributed by atoms with Crippen molar-refractivity contribution in [2.24, 2.45) is 0 Å². The minimum absolute atomic E-state index is 0.243. The number of esters is 2. The molecule has 0 amide bonds. The van der Waals surface area contributed by atoms with Crippen molar-refractivity contribution in [3.63, 3.8) is 0 Å². The molecular formula is C20H23Cl2NO5. The Morgan fingerprint density at radius 3 is 2.29 bits per heavy atom. The van der Waals surface area contributed by atoms with E-state index in [1.807, 2.05) is 0 Å². The molecule has 2 atom stereocenters. The standard InChI is InChI=1S/C20H23Cl2NO5/c1-10(9-26-4)28-20(25)16-12(3)23-11(2)15(19(24)27-5)17(16)13-7-6-8-14(21)18(13)22/h6-8,10,17,23H,9H2,1-5H3. The molecule has 0 aromatic heterocycles. The molecule has 2 rings (SSSR count). The predicted octanol–water partition coefficient (Wildman–Crippen LogP) is 3.98. The molecule has 0 saturated heterocycles. The molecule has 0 spiro atoms. The van der Waals surface area contributed by atoms with Gasteiger partial charge in [0.2, 0.25) is 0 Å². The summed E-state index contributed by atoms with van der Waals surface area (Å²) in [7, 11) is 2.80. The third-order valence-corrected chi connectivity index (χ3v) is 5.22. The number of carbonyl (C=O) groups excluding carboxylic acids is 2. The number of allylic oxidation sites excluding steroid dienone is 2. The largest absolute Gasteiger partial charge is 0.466 e. The molecule has 0 radical (unpaired) electrons. The van der Waals surface area contributed by atoms with Gasteiger partial charge in [-0.1, -0.05) is 35.3 Å². The summed E-state index contributed by atoms with van der Waals surface area (Å²) in [6.07, 6.45) is -0.470. The highest BCUT2D eigenvalue weighted by Gasteiger charge is 2.39. The van der Waals surface area contributed by atoms with Crippen molar-refractivity contribution in [3.8, 4) is 0 Å². The average Bonchev–Trinajstić information content (AvgIpc) is 2.62. The van der Waals surface area contributed by atoms with Gasteiger partial charge in [-0.2, -0.15) is 0 Å². The summed E-state index contributed by atoms with van der Waals surface area (Å²) >= 11 is 12.6. The Labute approximate surface area is 174 Å². The van der Waals surface area contributed by atoms with Crippen LogP contribution in [0.15, 0.2) is 40.7 Å². The van der Waals surface area contributed by atoms with Crippen molar-refractivity contribution < 1.29 is 23.8 Å². The van der Waals surface area contributed by atoms with Gasteiger partial charge in [-0.05, 0) is 32.4 Å². The van der Waals surface area contributed by atoms with Crippen LogP contribution in [0.1, 0.15) is 32.3 Å². The topological polar surface area (TPSA) is 73.9 Å². The first-order chi connectivity index (χ1) is 13.2. The molecule has 1 aromatic rings. The number of hydrogen-bond donors (Lipinski definition) is 1. The van der Waals surface area contributed by atoms with E-state index in [4.69, 9.17) is 37.4 Å². The lowest BCUT2D eigenvalue weighted by Gasteiger charge is -2.31. The third-order valence-electron chi connectivity index (χ3n) is 4.39. The van der Waals surface area contributed by atoms with Crippen molar-refractivity contribution in [1.82, 2.24) is 5.32 Å². The van der Waals surface area contributed by atoms with Crippen LogP contribution in [-0.2, 0) is 23.8 Å². The Balaban J connectivity index is 2.63. The smallest absolute Gasteiger partial charge is 0.337 e. The molecule has 0 fully saturated rings. The Hall–Kier alpha value is -2.02. The summed E-state index contributed by atoms with van der Waals surface area (Å²) in [6, 6.07) is 5.07. The first-order valence-corrected chi connectivity index (χ1v) is 9.39. The molecule has 2 unspecified atom stereocenters.